The fraction of sp³-hybridized carbons (Fsp3) is 0.158. The number of methoxy groups -OCH3 is 1. The lowest BCUT2D eigenvalue weighted by molar-refractivity contribution is -0.136. The Morgan fingerprint density at radius 3 is 2.56 bits per heavy atom. The summed E-state index contributed by atoms with van der Waals surface area (Å²) in [6.45, 7) is 2.16. The largest absolute Gasteiger partial charge is 0.493 e. The first kappa shape index (κ1) is 17.2. The van der Waals surface area contributed by atoms with Crippen molar-refractivity contribution in [3.63, 3.8) is 0 Å². The Labute approximate surface area is 154 Å². The lowest BCUT2D eigenvalue weighted by atomic mass is 10.1. The molecule has 2 aromatic carbocycles. The molecule has 3 rings (SSSR count). The van der Waals surface area contributed by atoms with Gasteiger partial charge >= 0.3 is 5.97 Å². The maximum absolute atomic E-state index is 11.6. The van der Waals surface area contributed by atoms with E-state index in [0.717, 1.165) is 15.6 Å². The smallest absolute Gasteiger partial charge is 0.367 e. The molecule has 6 heteroatoms. The third kappa shape index (κ3) is 4.09. The van der Waals surface area contributed by atoms with Crippen LogP contribution in [-0.2, 0) is 16.2 Å². The van der Waals surface area contributed by atoms with Crippen LogP contribution in [-0.4, -0.2) is 18.8 Å². The van der Waals surface area contributed by atoms with Gasteiger partial charge in [-0.05, 0) is 48.4 Å². The van der Waals surface area contributed by atoms with E-state index in [0.29, 0.717) is 29.4 Å². The predicted molar refractivity (Wildman–Crippen MR) is 98.6 cm³/mol. The molecule has 0 N–H and O–H groups in total. The summed E-state index contributed by atoms with van der Waals surface area (Å²) in [6, 6.07) is 13.4. The number of nitrogens with zero attached hydrogens (tertiary/aromatic N) is 1. The van der Waals surface area contributed by atoms with Crippen LogP contribution in [0.3, 0.4) is 0 Å². The number of hydrogen-bond acceptors (Lipinski definition) is 5. The standard InChI is InChI=1S/C19H16BrNO4/c1-12-16(19(22)25-21-12)9-14-5-8-17(18(10-14)23-2)24-11-13-3-6-15(20)7-4-13/h3-10H,11H2,1-2H3/b16-9+. The minimum absolute atomic E-state index is 0.433. The number of ether oxygens (including phenoxy) is 2. The summed E-state index contributed by atoms with van der Waals surface area (Å²) in [5, 5.41) is 3.66. The van der Waals surface area contributed by atoms with Crippen LogP contribution in [0.2, 0.25) is 0 Å². The van der Waals surface area contributed by atoms with Crippen LogP contribution in [0.15, 0.2) is 57.7 Å². The molecule has 0 aromatic heterocycles. The lowest BCUT2D eigenvalue weighted by Gasteiger charge is -2.11. The Bertz CT molecular complexity index is 856. The zero-order valence-corrected chi connectivity index (χ0v) is 15.4. The molecular weight excluding hydrogens is 386 g/mol. The van der Waals surface area contributed by atoms with Gasteiger partial charge in [0.2, 0.25) is 0 Å². The third-order valence-corrected chi connectivity index (χ3v) is 4.21. The topological polar surface area (TPSA) is 57.1 Å². The van der Waals surface area contributed by atoms with E-state index < -0.39 is 5.97 Å². The second-order valence-electron chi connectivity index (χ2n) is 5.44. The van der Waals surface area contributed by atoms with Gasteiger partial charge in [-0.15, -0.1) is 0 Å². The van der Waals surface area contributed by atoms with Crippen LogP contribution in [0, 0.1) is 0 Å². The molecule has 2 aromatic rings. The van der Waals surface area contributed by atoms with E-state index in [1.807, 2.05) is 42.5 Å². The van der Waals surface area contributed by atoms with E-state index >= 15 is 0 Å². The molecule has 1 heterocycles. The second kappa shape index (κ2) is 7.53. The van der Waals surface area contributed by atoms with Crippen molar-refractivity contribution in [2.24, 2.45) is 5.16 Å². The van der Waals surface area contributed by atoms with Gasteiger partial charge < -0.3 is 14.3 Å². The Morgan fingerprint density at radius 1 is 1.16 bits per heavy atom. The SMILES string of the molecule is COc1cc(/C=C2/C(=O)ON=C2C)ccc1OCc1ccc(Br)cc1. The zero-order chi connectivity index (χ0) is 17.8. The van der Waals surface area contributed by atoms with Crippen molar-refractivity contribution >= 4 is 33.7 Å². The first-order chi connectivity index (χ1) is 12.1. The minimum atomic E-state index is -0.452. The molecule has 0 saturated carbocycles. The predicted octanol–water partition coefficient (Wildman–Crippen LogP) is 4.35. The molecule has 0 aliphatic carbocycles. The summed E-state index contributed by atoms with van der Waals surface area (Å²) < 4.78 is 12.3. The summed E-state index contributed by atoms with van der Waals surface area (Å²) in [4.78, 5) is 16.3. The lowest BCUT2D eigenvalue weighted by Crippen LogP contribution is -2.02. The first-order valence-corrected chi connectivity index (χ1v) is 8.39. The van der Waals surface area contributed by atoms with Gasteiger partial charge in [-0.3, -0.25) is 0 Å². The summed E-state index contributed by atoms with van der Waals surface area (Å²) in [7, 11) is 1.58. The highest BCUT2D eigenvalue weighted by Crippen LogP contribution is 2.30. The number of oxime groups is 1. The number of halogens is 1. The summed E-state index contributed by atoms with van der Waals surface area (Å²) in [6.07, 6.45) is 1.72. The van der Waals surface area contributed by atoms with E-state index in [4.69, 9.17) is 9.47 Å². The Balaban J connectivity index is 1.78. The third-order valence-electron chi connectivity index (χ3n) is 3.68. The Kier molecular flexibility index (Phi) is 5.19. The van der Waals surface area contributed by atoms with Gasteiger partial charge in [0, 0.05) is 4.47 Å². The highest BCUT2D eigenvalue weighted by atomic mass is 79.9. The Hall–Kier alpha value is -2.60. The van der Waals surface area contributed by atoms with Crippen LogP contribution in [0.25, 0.3) is 6.08 Å². The van der Waals surface area contributed by atoms with Gasteiger partial charge in [-0.1, -0.05) is 39.3 Å². The average molecular weight is 402 g/mol. The van der Waals surface area contributed by atoms with Gasteiger partial charge in [-0.25, -0.2) is 4.79 Å². The zero-order valence-electron chi connectivity index (χ0n) is 13.8. The van der Waals surface area contributed by atoms with E-state index in [9.17, 15) is 4.79 Å². The van der Waals surface area contributed by atoms with Crippen molar-refractivity contribution in [3.05, 3.63) is 63.6 Å². The molecule has 1 aliphatic heterocycles. The van der Waals surface area contributed by atoms with Crippen LogP contribution >= 0.6 is 15.9 Å². The molecule has 0 fully saturated rings. The maximum atomic E-state index is 11.6. The van der Waals surface area contributed by atoms with Crippen molar-refractivity contribution in [2.75, 3.05) is 7.11 Å². The highest BCUT2D eigenvalue weighted by Gasteiger charge is 2.21. The van der Waals surface area contributed by atoms with Crippen LogP contribution in [0.5, 0.6) is 11.5 Å². The normalized spacial score (nSPS) is 15.1. The summed E-state index contributed by atoms with van der Waals surface area (Å²) >= 11 is 3.41. The summed E-state index contributed by atoms with van der Waals surface area (Å²) in [5.74, 6) is 0.770. The van der Waals surface area contributed by atoms with Crippen LogP contribution in [0.1, 0.15) is 18.1 Å². The quantitative estimate of drug-likeness (QED) is 0.551. The number of benzene rings is 2. The monoisotopic (exact) mass is 401 g/mol. The molecule has 0 radical (unpaired) electrons. The first-order valence-electron chi connectivity index (χ1n) is 7.60. The number of carbonyl (C=O) groups is 1. The molecule has 25 heavy (non-hydrogen) atoms. The Morgan fingerprint density at radius 2 is 1.92 bits per heavy atom. The van der Waals surface area contributed by atoms with Gasteiger partial charge in [0.1, 0.15) is 6.61 Å². The van der Waals surface area contributed by atoms with Crippen molar-refractivity contribution < 1.29 is 19.1 Å². The van der Waals surface area contributed by atoms with E-state index in [1.165, 1.54) is 0 Å². The molecule has 0 unspecified atom stereocenters. The second-order valence-corrected chi connectivity index (χ2v) is 6.35. The fourth-order valence-corrected chi connectivity index (χ4v) is 2.59. The fourth-order valence-electron chi connectivity index (χ4n) is 2.32. The van der Waals surface area contributed by atoms with E-state index in [2.05, 4.69) is 25.9 Å². The molecule has 0 amide bonds. The van der Waals surface area contributed by atoms with E-state index in [-0.39, 0.29) is 0 Å². The summed E-state index contributed by atoms with van der Waals surface area (Å²) in [5.41, 5.74) is 2.85. The molecule has 0 atom stereocenters. The van der Waals surface area contributed by atoms with Gasteiger partial charge in [0.15, 0.2) is 11.5 Å². The average Bonchev–Trinajstić information content (AvgIpc) is 2.93. The van der Waals surface area contributed by atoms with Crippen molar-refractivity contribution in [3.8, 4) is 11.5 Å². The maximum Gasteiger partial charge on any atom is 0.367 e. The number of rotatable bonds is 5. The molecule has 0 spiro atoms. The van der Waals surface area contributed by atoms with Crippen LogP contribution < -0.4 is 9.47 Å². The van der Waals surface area contributed by atoms with Crippen LogP contribution in [0.4, 0.5) is 0 Å². The molecule has 0 saturated heterocycles. The van der Waals surface area contributed by atoms with Crippen molar-refractivity contribution in [2.45, 2.75) is 13.5 Å². The van der Waals surface area contributed by atoms with Gasteiger partial charge in [0.25, 0.3) is 0 Å². The molecule has 0 bridgehead atoms. The van der Waals surface area contributed by atoms with Crippen molar-refractivity contribution in [1.29, 1.82) is 0 Å². The number of hydrogen-bond donors (Lipinski definition) is 0. The van der Waals surface area contributed by atoms with Crippen molar-refractivity contribution in [1.82, 2.24) is 0 Å². The molecular formula is C19H16BrNO4. The molecule has 5 nitrogen and oxygen atoms in total. The molecule has 1 aliphatic rings. The molecule has 128 valence electrons. The number of carbonyl (C=O) groups excluding carboxylic acids is 1. The van der Waals surface area contributed by atoms with Gasteiger partial charge in [-0.2, -0.15) is 0 Å². The van der Waals surface area contributed by atoms with E-state index in [1.54, 1.807) is 20.1 Å². The highest BCUT2D eigenvalue weighted by molar-refractivity contribution is 9.10. The van der Waals surface area contributed by atoms with Gasteiger partial charge in [0.05, 0.1) is 18.4 Å². The minimum Gasteiger partial charge on any atom is -0.493 e.